The summed E-state index contributed by atoms with van der Waals surface area (Å²) >= 11 is 1.74. The molecule has 0 spiro atoms. The minimum absolute atomic E-state index is 0.0797. The fourth-order valence-electron chi connectivity index (χ4n) is 4.09. The molecule has 6 nitrogen and oxygen atoms in total. The predicted octanol–water partition coefficient (Wildman–Crippen LogP) is 3.74. The Bertz CT molecular complexity index is 840. The number of amides is 1. The molecule has 0 saturated heterocycles. The molecule has 0 saturated carbocycles. The SMILES string of the molecule is CCC[C@@H](O)CN(CC)CC(=O)N1CCc2sccc2[C@H]1COc1ccccc1OC. The maximum Gasteiger partial charge on any atom is 0.237 e. The second kappa shape index (κ2) is 11.5. The highest BCUT2D eigenvalue weighted by molar-refractivity contribution is 7.10. The maximum atomic E-state index is 13.3. The van der Waals surface area contributed by atoms with Crippen molar-refractivity contribution in [1.29, 1.82) is 0 Å². The number of fused-ring (bicyclic) bond motifs is 1. The molecule has 0 unspecified atom stereocenters. The first-order valence-corrected chi connectivity index (χ1v) is 12.0. The second-order valence-corrected chi connectivity index (χ2v) is 8.88. The summed E-state index contributed by atoms with van der Waals surface area (Å²) in [5, 5.41) is 12.3. The number of hydrogen-bond donors (Lipinski definition) is 1. The van der Waals surface area contributed by atoms with Gasteiger partial charge in [0.25, 0.3) is 0 Å². The topological polar surface area (TPSA) is 62.2 Å². The van der Waals surface area contributed by atoms with Crippen LogP contribution in [0.2, 0.25) is 0 Å². The quantitative estimate of drug-likeness (QED) is 0.570. The van der Waals surface area contributed by atoms with Gasteiger partial charge < -0.3 is 19.5 Å². The standard InChI is InChI=1S/C24H34N2O4S/c1-4-8-18(27)15-25(5-2)16-24(28)26-13-11-23-19(12-14-31-23)20(26)17-30-22-10-7-6-9-21(22)29-3/h6-7,9-10,12,14,18,20,27H,4-5,8,11,13,15-17H2,1-3H3/t18-,20-/m1/s1. The Labute approximate surface area is 189 Å². The molecule has 1 aliphatic rings. The van der Waals surface area contributed by atoms with Gasteiger partial charge in [0, 0.05) is 18.0 Å². The lowest BCUT2D eigenvalue weighted by Gasteiger charge is -2.37. The fourth-order valence-corrected chi connectivity index (χ4v) is 5.02. The molecule has 1 amide bonds. The molecule has 0 aliphatic carbocycles. The molecule has 1 aromatic heterocycles. The van der Waals surface area contributed by atoms with Gasteiger partial charge >= 0.3 is 0 Å². The molecule has 2 atom stereocenters. The molecule has 2 aromatic rings. The van der Waals surface area contributed by atoms with Crippen LogP contribution in [-0.4, -0.2) is 66.8 Å². The van der Waals surface area contributed by atoms with Crippen LogP contribution >= 0.6 is 11.3 Å². The molecule has 31 heavy (non-hydrogen) atoms. The smallest absolute Gasteiger partial charge is 0.237 e. The van der Waals surface area contributed by atoms with Gasteiger partial charge in [-0.25, -0.2) is 0 Å². The van der Waals surface area contributed by atoms with E-state index in [1.165, 1.54) is 10.4 Å². The summed E-state index contributed by atoms with van der Waals surface area (Å²) < 4.78 is 11.5. The summed E-state index contributed by atoms with van der Waals surface area (Å²) in [6.07, 6.45) is 2.16. The number of benzene rings is 1. The van der Waals surface area contributed by atoms with E-state index in [1.807, 2.05) is 41.0 Å². The zero-order chi connectivity index (χ0) is 22.2. The van der Waals surface area contributed by atoms with Crippen LogP contribution in [-0.2, 0) is 11.2 Å². The highest BCUT2D eigenvalue weighted by Gasteiger charge is 2.33. The van der Waals surface area contributed by atoms with E-state index < -0.39 is 6.10 Å². The monoisotopic (exact) mass is 446 g/mol. The van der Waals surface area contributed by atoms with Crippen LogP contribution in [0.4, 0.5) is 0 Å². The van der Waals surface area contributed by atoms with Crippen molar-refractivity contribution in [3.63, 3.8) is 0 Å². The normalized spacial score (nSPS) is 16.8. The molecule has 1 N–H and O–H groups in total. The summed E-state index contributed by atoms with van der Waals surface area (Å²) in [5.74, 6) is 1.44. The summed E-state index contributed by atoms with van der Waals surface area (Å²) in [6.45, 7) is 6.71. The highest BCUT2D eigenvalue weighted by atomic mass is 32.1. The van der Waals surface area contributed by atoms with E-state index in [-0.39, 0.29) is 11.9 Å². The average molecular weight is 447 g/mol. The zero-order valence-corrected chi connectivity index (χ0v) is 19.6. The van der Waals surface area contributed by atoms with Crippen LogP contribution in [0.15, 0.2) is 35.7 Å². The molecule has 1 aromatic carbocycles. The van der Waals surface area contributed by atoms with Crippen molar-refractivity contribution in [3.8, 4) is 11.5 Å². The second-order valence-electron chi connectivity index (χ2n) is 7.88. The number of thiophene rings is 1. The van der Waals surface area contributed by atoms with E-state index in [0.29, 0.717) is 37.7 Å². The summed E-state index contributed by atoms with van der Waals surface area (Å²) in [5.41, 5.74) is 1.17. The van der Waals surface area contributed by atoms with Crippen LogP contribution in [0.5, 0.6) is 11.5 Å². The fraction of sp³-hybridized carbons (Fsp3) is 0.542. The molecular formula is C24H34N2O4S. The molecule has 2 heterocycles. The molecule has 7 heteroatoms. The van der Waals surface area contributed by atoms with Gasteiger partial charge in [0.2, 0.25) is 5.91 Å². The van der Waals surface area contributed by atoms with Gasteiger partial charge in [0.15, 0.2) is 11.5 Å². The van der Waals surface area contributed by atoms with Crippen LogP contribution in [0, 0.1) is 0 Å². The minimum Gasteiger partial charge on any atom is -0.493 e. The summed E-state index contributed by atoms with van der Waals surface area (Å²) in [4.78, 5) is 18.6. The molecule has 1 aliphatic heterocycles. The summed E-state index contributed by atoms with van der Waals surface area (Å²) in [6, 6.07) is 9.56. The van der Waals surface area contributed by atoms with Crippen LogP contribution < -0.4 is 9.47 Å². The molecule has 0 bridgehead atoms. The van der Waals surface area contributed by atoms with Gasteiger partial charge in [-0.3, -0.25) is 9.69 Å². The minimum atomic E-state index is -0.396. The number of hydrogen-bond acceptors (Lipinski definition) is 6. The van der Waals surface area contributed by atoms with Crippen molar-refractivity contribution >= 4 is 17.2 Å². The first kappa shape index (κ1) is 23.6. The van der Waals surface area contributed by atoms with Gasteiger partial charge in [-0.05, 0) is 48.5 Å². The Morgan fingerprint density at radius 1 is 1.29 bits per heavy atom. The number of carbonyl (C=O) groups excluding carboxylic acids is 1. The van der Waals surface area contributed by atoms with Crippen molar-refractivity contribution in [2.75, 3.05) is 39.9 Å². The molecular weight excluding hydrogens is 412 g/mol. The number of aliphatic hydroxyl groups excluding tert-OH is 1. The van der Waals surface area contributed by atoms with Gasteiger partial charge in [0.1, 0.15) is 6.61 Å². The van der Waals surface area contributed by atoms with Gasteiger partial charge in [0.05, 0.1) is 25.8 Å². The highest BCUT2D eigenvalue weighted by Crippen LogP contribution is 2.35. The first-order chi connectivity index (χ1) is 15.1. The number of nitrogens with zero attached hydrogens (tertiary/aromatic N) is 2. The van der Waals surface area contributed by atoms with E-state index in [2.05, 4.69) is 18.4 Å². The van der Waals surface area contributed by atoms with E-state index in [0.717, 1.165) is 25.8 Å². The number of para-hydroxylation sites is 2. The predicted molar refractivity (Wildman–Crippen MR) is 124 cm³/mol. The third kappa shape index (κ3) is 5.99. The molecule has 3 rings (SSSR count). The Hall–Kier alpha value is -2.09. The van der Waals surface area contributed by atoms with Crippen molar-refractivity contribution in [2.24, 2.45) is 0 Å². The third-order valence-corrected chi connectivity index (χ3v) is 6.77. The number of carbonyl (C=O) groups is 1. The zero-order valence-electron chi connectivity index (χ0n) is 18.8. The summed E-state index contributed by atoms with van der Waals surface area (Å²) in [7, 11) is 1.63. The molecule has 170 valence electrons. The lowest BCUT2D eigenvalue weighted by Crippen LogP contribution is -2.47. The Morgan fingerprint density at radius 3 is 2.77 bits per heavy atom. The maximum absolute atomic E-state index is 13.3. The van der Waals surface area contributed by atoms with Crippen LogP contribution in [0.1, 0.15) is 43.2 Å². The van der Waals surface area contributed by atoms with E-state index in [9.17, 15) is 9.90 Å². The third-order valence-electron chi connectivity index (χ3n) is 5.78. The van der Waals surface area contributed by atoms with Gasteiger partial charge in [-0.15, -0.1) is 11.3 Å². The van der Waals surface area contributed by atoms with Crippen LogP contribution in [0.25, 0.3) is 0 Å². The average Bonchev–Trinajstić information content (AvgIpc) is 3.26. The van der Waals surface area contributed by atoms with Crippen molar-refractivity contribution in [3.05, 3.63) is 46.2 Å². The number of likely N-dealkylation sites (N-methyl/N-ethyl adjacent to an activating group) is 1. The molecule has 0 radical (unpaired) electrons. The Balaban J connectivity index is 1.72. The van der Waals surface area contributed by atoms with E-state index in [1.54, 1.807) is 18.4 Å². The van der Waals surface area contributed by atoms with E-state index >= 15 is 0 Å². The van der Waals surface area contributed by atoms with Crippen molar-refractivity contribution < 1.29 is 19.4 Å². The van der Waals surface area contributed by atoms with Crippen molar-refractivity contribution in [2.45, 2.75) is 45.3 Å². The lowest BCUT2D eigenvalue weighted by molar-refractivity contribution is -0.136. The largest absolute Gasteiger partial charge is 0.493 e. The van der Waals surface area contributed by atoms with Crippen molar-refractivity contribution in [1.82, 2.24) is 9.80 Å². The number of methoxy groups -OCH3 is 1. The number of aliphatic hydroxyl groups is 1. The Morgan fingerprint density at radius 2 is 2.06 bits per heavy atom. The Kier molecular flexibility index (Phi) is 8.75. The van der Waals surface area contributed by atoms with Crippen LogP contribution in [0.3, 0.4) is 0 Å². The first-order valence-electron chi connectivity index (χ1n) is 11.1. The van der Waals surface area contributed by atoms with Gasteiger partial charge in [-0.1, -0.05) is 32.4 Å². The van der Waals surface area contributed by atoms with E-state index in [4.69, 9.17) is 9.47 Å². The number of ether oxygens (including phenoxy) is 2. The lowest BCUT2D eigenvalue weighted by atomic mass is 10.0. The van der Waals surface area contributed by atoms with Gasteiger partial charge in [-0.2, -0.15) is 0 Å². The molecule has 0 fully saturated rings. The number of rotatable bonds is 11.